The van der Waals surface area contributed by atoms with Crippen molar-refractivity contribution in [2.24, 2.45) is 0 Å². The number of benzene rings is 1. The molecule has 1 aromatic heterocycles. The van der Waals surface area contributed by atoms with Gasteiger partial charge in [-0.05, 0) is 31.4 Å². The Morgan fingerprint density at radius 3 is 2.60 bits per heavy atom. The molecule has 2 atom stereocenters. The SMILES string of the molecule is CCCCNC(=O)N[C@H]1CCCC[C@H]1NC(=O)c1csc(COc2ccccc2)n1. The number of aromatic nitrogens is 1. The van der Waals surface area contributed by atoms with Gasteiger partial charge in [-0.2, -0.15) is 0 Å². The minimum atomic E-state index is -0.206. The van der Waals surface area contributed by atoms with E-state index in [-0.39, 0.29) is 24.0 Å². The van der Waals surface area contributed by atoms with Crippen LogP contribution < -0.4 is 20.7 Å². The Labute approximate surface area is 181 Å². The number of carbonyl (C=O) groups excluding carboxylic acids is 2. The highest BCUT2D eigenvalue weighted by Crippen LogP contribution is 2.20. The number of amides is 3. The molecule has 3 N–H and O–H groups in total. The summed E-state index contributed by atoms with van der Waals surface area (Å²) in [4.78, 5) is 29.2. The molecule has 8 heteroatoms. The fourth-order valence-electron chi connectivity index (χ4n) is 3.46. The lowest BCUT2D eigenvalue weighted by Gasteiger charge is -2.32. The molecule has 1 heterocycles. The van der Waals surface area contributed by atoms with Crippen LogP contribution in [0.1, 0.15) is 60.9 Å². The second-order valence-electron chi connectivity index (χ2n) is 7.45. The molecule has 1 fully saturated rings. The van der Waals surface area contributed by atoms with Crippen molar-refractivity contribution in [3.05, 3.63) is 46.4 Å². The number of nitrogens with zero attached hydrogens (tertiary/aromatic N) is 1. The zero-order valence-corrected chi connectivity index (χ0v) is 18.2. The molecule has 0 saturated heterocycles. The van der Waals surface area contributed by atoms with Crippen molar-refractivity contribution in [2.75, 3.05) is 6.54 Å². The van der Waals surface area contributed by atoms with Crippen LogP contribution in [0.2, 0.25) is 0 Å². The Morgan fingerprint density at radius 1 is 1.13 bits per heavy atom. The van der Waals surface area contributed by atoms with E-state index in [4.69, 9.17) is 4.74 Å². The first-order valence-corrected chi connectivity index (χ1v) is 11.5. The van der Waals surface area contributed by atoms with E-state index in [1.807, 2.05) is 30.3 Å². The normalized spacial score (nSPS) is 18.4. The molecule has 0 bridgehead atoms. The molecule has 0 unspecified atom stereocenters. The van der Waals surface area contributed by atoms with Gasteiger partial charge in [0.1, 0.15) is 23.1 Å². The van der Waals surface area contributed by atoms with Crippen molar-refractivity contribution in [1.82, 2.24) is 20.9 Å². The molecule has 1 saturated carbocycles. The maximum Gasteiger partial charge on any atom is 0.315 e. The summed E-state index contributed by atoms with van der Waals surface area (Å²) in [5, 5.41) is 11.5. The van der Waals surface area contributed by atoms with E-state index in [1.54, 1.807) is 5.38 Å². The topological polar surface area (TPSA) is 92.4 Å². The molecule has 7 nitrogen and oxygen atoms in total. The summed E-state index contributed by atoms with van der Waals surface area (Å²) in [6.07, 6.45) is 5.78. The van der Waals surface area contributed by atoms with Crippen LogP contribution in [0.4, 0.5) is 4.79 Å². The third-order valence-corrected chi connectivity index (χ3v) is 5.93. The third kappa shape index (κ3) is 6.73. The molecule has 30 heavy (non-hydrogen) atoms. The first-order chi connectivity index (χ1) is 14.7. The van der Waals surface area contributed by atoms with Gasteiger partial charge in [0.2, 0.25) is 0 Å². The predicted octanol–water partition coefficient (Wildman–Crippen LogP) is 3.86. The fourth-order valence-corrected chi connectivity index (χ4v) is 4.15. The van der Waals surface area contributed by atoms with Gasteiger partial charge in [-0.1, -0.05) is 44.4 Å². The molecule has 1 aliphatic carbocycles. The number of hydrogen-bond donors (Lipinski definition) is 3. The molecule has 0 aliphatic heterocycles. The van der Waals surface area contributed by atoms with E-state index < -0.39 is 0 Å². The molecular formula is C22H30N4O3S. The highest BCUT2D eigenvalue weighted by Gasteiger charge is 2.28. The molecule has 0 spiro atoms. The molecular weight excluding hydrogens is 400 g/mol. The quantitative estimate of drug-likeness (QED) is 0.527. The average Bonchev–Trinajstić information content (AvgIpc) is 3.24. The van der Waals surface area contributed by atoms with Crippen LogP contribution >= 0.6 is 11.3 Å². The first-order valence-electron chi connectivity index (χ1n) is 10.6. The lowest BCUT2D eigenvalue weighted by molar-refractivity contribution is 0.0911. The maximum atomic E-state index is 12.7. The van der Waals surface area contributed by atoms with Crippen molar-refractivity contribution in [3.8, 4) is 5.75 Å². The van der Waals surface area contributed by atoms with Gasteiger partial charge < -0.3 is 20.7 Å². The highest BCUT2D eigenvalue weighted by molar-refractivity contribution is 7.09. The fraction of sp³-hybridized carbons (Fsp3) is 0.500. The maximum absolute atomic E-state index is 12.7. The van der Waals surface area contributed by atoms with E-state index in [2.05, 4.69) is 27.9 Å². The van der Waals surface area contributed by atoms with Gasteiger partial charge in [-0.15, -0.1) is 11.3 Å². The number of urea groups is 1. The summed E-state index contributed by atoms with van der Waals surface area (Å²) >= 11 is 1.41. The van der Waals surface area contributed by atoms with Crippen LogP contribution in [0, 0.1) is 0 Å². The number of thiazole rings is 1. The minimum absolute atomic E-state index is 0.0659. The van der Waals surface area contributed by atoms with Gasteiger partial charge in [0.25, 0.3) is 5.91 Å². The highest BCUT2D eigenvalue weighted by atomic mass is 32.1. The van der Waals surface area contributed by atoms with Crippen LogP contribution in [0.3, 0.4) is 0 Å². The van der Waals surface area contributed by atoms with Gasteiger partial charge in [-0.3, -0.25) is 4.79 Å². The number of hydrogen-bond acceptors (Lipinski definition) is 5. The Balaban J connectivity index is 1.50. The Morgan fingerprint density at radius 2 is 1.87 bits per heavy atom. The summed E-state index contributed by atoms with van der Waals surface area (Å²) < 4.78 is 5.70. The minimum Gasteiger partial charge on any atom is -0.486 e. The average molecular weight is 431 g/mol. The summed E-state index contributed by atoms with van der Waals surface area (Å²) in [5.74, 6) is 0.564. The van der Waals surface area contributed by atoms with Crippen molar-refractivity contribution in [2.45, 2.75) is 64.1 Å². The number of para-hydroxylation sites is 1. The Kier molecular flexibility index (Phi) is 8.50. The zero-order chi connectivity index (χ0) is 21.2. The van der Waals surface area contributed by atoms with Gasteiger partial charge in [0, 0.05) is 18.0 Å². The third-order valence-electron chi connectivity index (χ3n) is 5.10. The Hall–Kier alpha value is -2.61. The van der Waals surface area contributed by atoms with Gasteiger partial charge in [0.15, 0.2) is 0 Å². The number of unbranched alkanes of at least 4 members (excludes halogenated alkanes) is 1. The van der Waals surface area contributed by atoms with Crippen LogP contribution in [0.5, 0.6) is 5.75 Å². The molecule has 162 valence electrons. The summed E-state index contributed by atoms with van der Waals surface area (Å²) in [6, 6.07) is 9.21. The molecule has 3 rings (SSSR count). The zero-order valence-electron chi connectivity index (χ0n) is 17.4. The monoisotopic (exact) mass is 430 g/mol. The molecule has 1 aliphatic rings. The smallest absolute Gasteiger partial charge is 0.315 e. The predicted molar refractivity (Wildman–Crippen MR) is 118 cm³/mol. The second kappa shape index (κ2) is 11.5. The van der Waals surface area contributed by atoms with Crippen molar-refractivity contribution < 1.29 is 14.3 Å². The van der Waals surface area contributed by atoms with E-state index >= 15 is 0 Å². The van der Waals surface area contributed by atoms with Crippen molar-refractivity contribution in [3.63, 3.8) is 0 Å². The van der Waals surface area contributed by atoms with Gasteiger partial charge in [0.05, 0.1) is 6.04 Å². The first kappa shape index (κ1) is 22.1. The number of nitrogens with one attached hydrogen (secondary N) is 3. The number of ether oxygens (including phenoxy) is 1. The van der Waals surface area contributed by atoms with Crippen LogP contribution in [-0.4, -0.2) is 35.6 Å². The molecule has 0 radical (unpaired) electrons. The van der Waals surface area contributed by atoms with E-state index in [0.717, 1.165) is 49.3 Å². The van der Waals surface area contributed by atoms with Crippen molar-refractivity contribution >= 4 is 23.3 Å². The van der Waals surface area contributed by atoms with Gasteiger partial charge >= 0.3 is 6.03 Å². The largest absolute Gasteiger partial charge is 0.486 e. The van der Waals surface area contributed by atoms with E-state index in [1.165, 1.54) is 11.3 Å². The molecule has 1 aromatic carbocycles. The summed E-state index contributed by atoms with van der Waals surface area (Å²) in [7, 11) is 0. The summed E-state index contributed by atoms with van der Waals surface area (Å²) in [6.45, 7) is 3.08. The van der Waals surface area contributed by atoms with Crippen LogP contribution in [0.25, 0.3) is 0 Å². The standard InChI is InChI=1S/C22H30N4O3S/c1-2-3-13-23-22(28)26-18-12-8-7-11-17(18)25-21(27)19-15-30-20(24-19)14-29-16-9-5-4-6-10-16/h4-6,9-10,15,17-18H,2-3,7-8,11-14H2,1H3,(H,25,27)(H2,23,26,28)/t17-,18+/m1/s1. The summed E-state index contributed by atoms with van der Waals surface area (Å²) in [5.41, 5.74) is 0.392. The lowest BCUT2D eigenvalue weighted by Crippen LogP contribution is -2.55. The van der Waals surface area contributed by atoms with Crippen LogP contribution in [-0.2, 0) is 6.61 Å². The molecule has 2 aromatic rings. The van der Waals surface area contributed by atoms with E-state index in [9.17, 15) is 9.59 Å². The number of carbonyl (C=O) groups is 2. The number of rotatable bonds is 9. The lowest BCUT2D eigenvalue weighted by atomic mass is 9.90. The Bertz CT molecular complexity index is 812. The van der Waals surface area contributed by atoms with Crippen LogP contribution in [0.15, 0.2) is 35.7 Å². The van der Waals surface area contributed by atoms with E-state index in [0.29, 0.717) is 18.8 Å². The molecule has 3 amide bonds. The second-order valence-corrected chi connectivity index (χ2v) is 8.40. The van der Waals surface area contributed by atoms with Gasteiger partial charge in [-0.25, -0.2) is 9.78 Å². The van der Waals surface area contributed by atoms with Crippen molar-refractivity contribution in [1.29, 1.82) is 0 Å².